The highest BCUT2D eigenvalue weighted by atomic mass is 16.5. The Labute approximate surface area is 172 Å². The van der Waals surface area contributed by atoms with E-state index in [-0.39, 0.29) is 5.97 Å². The topological polar surface area (TPSA) is 65.4 Å². The molecule has 0 aliphatic carbocycles. The average molecular weight is 387 g/mol. The quantitative estimate of drug-likeness (QED) is 0.577. The second kappa shape index (κ2) is 9.78. The molecule has 0 saturated carbocycles. The maximum Gasteiger partial charge on any atom is 0.333 e. The second-order valence-corrected chi connectivity index (χ2v) is 7.11. The first kappa shape index (κ1) is 20.5. The number of ether oxygens (including phenoxy) is 1. The second-order valence-electron chi connectivity index (χ2n) is 7.11. The number of hydrogen-bond acceptors (Lipinski definition) is 5. The Balaban J connectivity index is 1.91. The molecule has 148 valence electrons. The molecule has 1 N–H and O–H groups in total. The van der Waals surface area contributed by atoms with Crippen LogP contribution < -0.4 is 5.32 Å². The summed E-state index contributed by atoms with van der Waals surface area (Å²) in [6, 6.07) is 14.3. The van der Waals surface area contributed by atoms with Gasteiger partial charge in [-0.2, -0.15) is 5.26 Å². The molecule has 3 rings (SSSR count). The molecule has 0 radical (unpaired) electrons. The lowest BCUT2D eigenvalue weighted by molar-refractivity contribution is -0.144. The Kier molecular flexibility index (Phi) is 6.89. The fourth-order valence-corrected chi connectivity index (χ4v) is 3.57. The monoisotopic (exact) mass is 387 g/mol. The standard InChI is InChI=1S/C24H25N3O2/c1-3-18-13-20(17-27-11-5-6-12-27)15-21(14-18)23(24(28)29-4-2)26-22-9-7-19(16-25)8-10-22/h1,7-10,13-15,23,26H,4-6,11-12,17H2,2H3. The molecule has 1 aliphatic rings. The van der Waals surface area contributed by atoms with Gasteiger partial charge in [0.2, 0.25) is 0 Å². The summed E-state index contributed by atoms with van der Waals surface area (Å²) in [5, 5.41) is 12.2. The highest BCUT2D eigenvalue weighted by Gasteiger charge is 2.23. The Hall–Kier alpha value is -3.28. The molecule has 1 aliphatic heterocycles. The number of carbonyl (C=O) groups is 1. The summed E-state index contributed by atoms with van der Waals surface area (Å²) in [7, 11) is 0. The molecule has 1 unspecified atom stereocenters. The third-order valence-corrected chi connectivity index (χ3v) is 4.97. The maximum absolute atomic E-state index is 12.7. The van der Waals surface area contributed by atoms with E-state index < -0.39 is 6.04 Å². The van der Waals surface area contributed by atoms with Crippen LogP contribution in [0.15, 0.2) is 42.5 Å². The molecule has 1 saturated heterocycles. The van der Waals surface area contributed by atoms with E-state index in [9.17, 15) is 4.79 Å². The Morgan fingerprint density at radius 1 is 1.21 bits per heavy atom. The van der Waals surface area contributed by atoms with Crippen LogP contribution in [0.5, 0.6) is 0 Å². The molecule has 0 bridgehead atoms. The summed E-state index contributed by atoms with van der Waals surface area (Å²) >= 11 is 0. The smallest absolute Gasteiger partial charge is 0.333 e. The van der Waals surface area contributed by atoms with E-state index in [4.69, 9.17) is 16.4 Å². The minimum atomic E-state index is -0.687. The number of terminal acetylenes is 1. The summed E-state index contributed by atoms with van der Waals surface area (Å²) in [6.07, 6.45) is 8.12. The van der Waals surface area contributed by atoms with E-state index in [1.54, 1.807) is 31.2 Å². The van der Waals surface area contributed by atoms with Crippen LogP contribution in [-0.2, 0) is 16.1 Å². The normalized spacial score (nSPS) is 14.6. The summed E-state index contributed by atoms with van der Waals surface area (Å²) in [5.74, 6) is 2.34. The molecule has 1 heterocycles. The molecule has 0 aromatic heterocycles. The zero-order chi connectivity index (χ0) is 20.6. The number of likely N-dealkylation sites (tertiary alicyclic amines) is 1. The zero-order valence-corrected chi connectivity index (χ0v) is 16.6. The number of hydrogen-bond donors (Lipinski definition) is 1. The predicted octanol–water partition coefficient (Wildman–Crippen LogP) is 3.85. The summed E-state index contributed by atoms with van der Waals surface area (Å²) in [6.45, 7) is 5.06. The predicted molar refractivity (Wildman–Crippen MR) is 113 cm³/mol. The molecular formula is C24H25N3O2. The van der Waals surface area contributed by atoms with Crippen LogP contribution in [0.1, 0.15) is 48.1 Å². The summed E-state index contributed by atoms with van der Waals surface area (Å²) in [5.41, 5.74) is 3.90. The third-order valence-electron chi connectivity index (χ3n) is 4.97. The molecule has 1 fully saturated rings. The zero-order valence-electron chi connectivity index (χ0n) is 16.6. The molecule has 29 heavy (non-hydrogen) atoms. The van der Waals surface area contributed by atoms with E-state index in [2.05, 4.69) is 22.2 Å². The van der Waals surface area contributed by atoms with Crippen molar-refractivity contribution in [2.45, 2.75) is 32.4 Å². The Morgan fingerprint density at radius 2 is 1.93 bits per heavy atom. The number of rotatable bonds is 7. The third kappa shape index (κ3) is 5.38. The molecule has 5 nitrogen and oxygen atoms in total. The highest BCUT2D eigenvalue weighted by Crippen LogP contribution is 2.25. The van der Waals surface area contributed by atoms with Crippen molar-refractivity contribution in [1.82, 2.24) is 4.90 Å². The van der Waals surface area contributed by atoms with Gasteiger partial charge in [0.15, 0.2) is 6.04 Å². The van der Waals surface area contributed by atoms with Crippen molar-refractivity contribution >= 4 is 11.7 Å². The van der Waals surface area contributed by atoms with E-state index >= 15 is 0 Å². The number of esters is 1. The minimum absolute atomic E-state index is 0.292. The summed E-state index contributed by atoms with van der Waals surface area (Å²) < 4.78 is 5.31. The van der Waals surface area contributed by atoms with Crippen molar-refractivity contribution in [2.75, 3.05) is 25.0 Å². The number of nitriles is 1. The lowest BCUT2D eigenvalue weighted by Gasteiger charge is -2.21. The first-order valence-electron chi connectivity index (χ1n) is 9.89. The van der Waals surface area contributed by atoms with Crippen LogP contribution in [-0.4, -0.2) is 30.6 Å². The van der Waals surface area contributed by atoms with Crippen molar-refractivity contribution in [3.8, 4) is 18.4 Å². The van der Waals surface area contributed by atoms with Crippen LogP contribution in [0.3, 0.4) is 0 Å². The van der Waals surface area contributed by atoms with Crippen molar-refractivity contribution in [3.05, 3.63) is 64.7 Å². The van der Waals surface area contributed by atoms with Gasteiger partial charge in [-0.05, 0) is 80.4 Å². The first-order valence-corrected chi connectivity index (χ1v) is 9.89. The number of nitrogens with zero attached hydrogens (tertiary/aromatic N) is 2. The van der Waals surface area contributed by atoms with Gasteiger partial charge in [0.25, 0.3) is 0 Å². The van der Waals surface area contributed by atoms with Gasteiger partial charge in [-0.1, -0.05) is 12.0 Å². The Bertz CT molecular complexity index is 932. The molecule has 2 aromatic carbocycles. The highest BCUT2D eigenvalue weighted by molar-refractivity contribution is 5.81. The SMILES string of the molecule is C#Cc1cc(CN2CCCC2)cc(C(Nc2ccc(C#N)cc2)C(=O)OCC)c1. The average Bonchev–Trinajstić information content (AvgIpc) is 3.25. The van der Waals surface area contributed by atoms with Gasteiger partial charge >= 0.3 is 5.97 Å². The van der Waals surface area contributed by atoms with Gasteiger partial charge in [0.05, 0.1) is 18.2 Å². The van der Waals surface area contributed by atoms with E-state index in [0.29, 0.717) is 12.2 Å². The molecule has 2 aromatic rings. The molecule has 5 heteroatoms. The van der Waals surface area contributed by atoms with Crippen LogP contribution >= 0.6 is 0 Å². The lowest BCUT2D eigenvalue weighted by atomic mass is 9.99. The van der Waals surface area contributed by atoms with Crippen molar-refractivity contribution < 1.29 is 9.53 Å². The molecular weight excluding hydrogens is 362 g/mol. The fraction of sp³-hybridized carbons (Fsp3) is 0.333. The van der Waals surface area contributed by atoms with Crippen molar-refractivity contribution in [2.24, 2.45) is 0 Å². The van der Waals surface area contributed by atoms with Crippen LogP contribution in [0.4, 0.5) is 5.69 Å². The van der Waals surface area contributed by atoms with Gasteiger partial charge in [0.1, 0.15) is 0 Å². The van der Waals surface area contributed by atoms with Crippen LogP contribution in [0.2, 0.25) is 0 Å². The number of carbonyl (C=O) groups excluding carboxylic acids is 1. The Morgan fingerprint density at radius 3 is 2.55 bits per heavy atom. The lowest BCUT2D eigenvalue weighted by Crippen LogP contribution is -2.24. The van der Waals surface area contributed by atoms with Crippen LogP contribution in [0.25, 0.3) is 0 Å². The fourth-order valence-electron chi connectivity index (χ4n) is 3.57. The van der Waals surface area contributed by atoms with E-state index in [1.165, 1.54) is 12.8 Å². The van der Waals surface area contributed by atoms with Crippen LogP contribution in [0, 0.1) is 23.7 Å². The van der Waals surface area contributed by atoms with E-state index in [0.717, 1.165) is 42.0 Å². The van der Waals surface area contributed by atoms with Gasteiger partial charge in [-0.25, -0.2) is 4.79 Å². The largest absolute Gasteiger partial charge is 0.464 e. The summed E-state index contributed by atoms with van der Waals surface area (Å²) in [4.78, 5) is 15.1. The van der Waals surface area contributed by atoms with Gasteiger partial charge in [-0.3, -0.25) is 4.90 Å². The maximum atomic E-state index is 12.7. The number of nitrogens with one attached hydrogen (secondary N) is 1. The number of benzene rings is 2. The minimum Gasteiger partial charge on any atom is -0.464 e. The molecule has 0 amide bonds. The van der Waals surface area contributed by atoms with E-state index in [1.807, 2.05) is 18.2 Å². The molecule has 1 atom stereocenters. The van der Waals surface area contributed by atoms with Gasteiger partial charge in [0, 0.05) is 17.8 Å². The van der Waals surface area contributed by atoms with Crippen molar-refractivity contribution in [3.63, 3.8) is 0 Å². The van der Waals surface area contributed by atoms with Gasteiger partial charge < -0.3 is 10.1 Å². The van der Waals surface area contributed by atoms with Crippen molar-refractivity contribution in [1.29, 1.82) is 5.26 Å². The number of anilines is 1. The van der Waals surface area contributed by atoms with Gasteiger partial charge in [-0.15, -0.1) is 6.42 Å². The molecule has 0 spiro atoms. The first-order chi connectivity index (χ1) is 14.1.